The Morgan fingerprint density at radius 2 is 2.25 bits per heavy atom. The van der Waals surface area contributed by atoms with Crippen LogP contribution in [0.5, 0.6) is 5.75 Å². The van der Waals surface area contributed by atoms with E-state index in [0.717, 1.165) is 16.9 Å². The van der Waals surface area contributed by atoms with Gasteiger partial charge in [0, 0.05) is 11.8 Å². The Bertz CT molecular complexity index is 297. The number of nitrogens with zero attached hydrogens (tertiary/aromatic N) is 1. The molecule has 0 amide bonds. The van der Waals surface area contributed by atoms with E-state index in [2.05, 4.69) is 20.9 Å². The van der Waals surface area contributed by atoms with E-state index in [0.29, 0.717) is 0 Å². The van der Waals surface area contributed by atoms with E-state index in [-0.39, 0.29) is 0 Å². The summed E-state index contributed by atoms with van der Waals surface area (Å²) >= 11 is 3.22. The van der Waals surface area contributed by atoms with Crippen molar-refractivity contribution in [2.75, 3.05) is 7.11 Å². The fourth-order valence-electron chi connectivity index (χ4n) is 0.963. The molecule has 0 unspecified atom stereocenters. The highest BCUT2D eigenvalue weighted by Gasteiger charge is 2.00. The lowest BCUT2D eigenvalue weighted by Gasteiger charge is -2.05. The van der Waals surface area contributed by atoms with E-state index < -0.39 is 0 Å². The molecule has 0 aromatic carbocycles. The first-order chi connectivity index (χ1) is 5.79. The Kier molecular flexibility index (Phi) is 3.29. The number of halogens is 1. The van der Waals surface area contributed by atoms with E-state index in [1.54, 1.807) is 24.5 Å². The van der Waals surface area contributed by atoms with Crippen LogP contribution in [-0.2, 0) is 0 Å². The first-order valence-electron chi connectivity index (χ1n) is 3.55. The maximum absolute atomic E-state index is 5.12. The second-order valence-electron chi connectivity index (χ2n) is 2.35. The molecule has 1 aromatic rings. The molecule has 1 heterocycles. The van der Waals surface area contributed by atoms with Crippen molar-refractivity contribution in [1.82, 2.24) is 4.98 Å². The van der Waals surface area contributed by atoms with E-state index in [9.17, 15) is 0 Å². The van der Waals surface area contributed by atoms with Gasteiger partial charge in [0.1, 0.15) is 5.75 Å². The molecule has 0 saturated carbocycles. The zero-order valence-corrected chi connectivity index (χ0v) is 8.63. The minimum absolute atomic E-state index is 0.818. The molecule has 0 bridgehead atoms. The number of hydrogen-bond donors (Lipinski definition) is 0. The quantitative estimate of drug-likeness (QED) is 0.776. The van der Waals surface area contributed by atoms with Crippen molar-refractivity contribution < 1.29 is 4.74 Å². The molecule has 0 saturated heterocycles. The van der Waals surface area contributed by atoms with Gasteiger partial charge in [-0.15, -0.1) is 0 Å². The number of hydrogen-bond acceptors (Lipinski definition) is 2. The molecule has 1 rings (SSSR count). The largest absolute Gasteiger partial charge is 0.495 e. The average Bonchev–Trinajstić information content (AvgIpc) is 2.09. The van der Waals surface area contributed by atoms with Crippen molar-refractivity contribution in [2.45, 2.75) is 6.92 Å². The lowest BCUT2D eigenvalue weighted by Crippen LogP contribution is -1.90. The van der Waals surface area contributed by atoms with Gasteiger partial charge in [0.15, 0.2) is 0 Å². The fraction of sp³-hybridized carbons (Fsp3) is 0.222. The topological polar surface area (TPSA) is 22.1 Å². The van der Waals surface area contributed by atoms with Gasteiger partial charge in [-0.1, -0.05) is 15.9 Å². The predicted octanol–water partition coefficient (Wildman–Crippen LogP) is 2.76. The van der Waals surface area contributed by atoms with Crippen LogP contribution in [0.15, 0.2) is 17.4 Å². The van der Waals surface area contributed by atoms with E-state index in [4.69, 9.17) is 4.74 Å². The van der Waals surface area contributed by atoms with Crippen LogP contribution in [0.3, 0.4) is 0 Å². The molecule has 0 fully saturated rings. The number of aromatic nitrogens is 1. The second kappa shape index (κ2) is 4.26. The normalized spacial score (nSPS) is 10.6. The van der Waals surface area contributed by atoms with Gasteiger partial charge in [-0.25, -0.2) is 0 Å². The summed E-state index contributed by atoms with van der Waals surface area (Å²) in [5.74, 6) is 0.818. The summed E-state index contributed by atoms with van der Waals surface area (Å²) in [4.78, 5) is 5.84. The van der Waals surface area contributed by atoms with Crippen molar-refractivity contribution >= 4 is 22.0 Å². The molecule has 0 aliphatic heterocycles. The van der Waals surface area contributed by atoms with Crippen LogP contribution in [0, 0.1) is 6.92 Å². The van der Waals surface area contributed by atoms with Gasteiger partial charge >= 0.3 is 0 Å². The molecule has 1 aromatic heterocycles. The molecule has 0 atom stereocenters. The Balaban J connectivity index is 3.13. The highest BCUT2D eigenvalue weighted by atomic mass is 79.9. The fourth-order valence-corrected chi connectivity index (χ4v) is 1.25. The summed E-state index contributed by atoms with van der Waals surface area (Å²) in [7, 11) is 1.64. The van der Waals surface area contributed by atoms with Crippen LogP contribution in [0.1, 0.15) is 11.1 Å². The highest BCUT2D eigenvalue weighted by molar-refractivity contribution is 9.11. The Morgan fingerprint density at radius 1 is 1.50 bits per heavy atom. The molecule has 0 radical (unpaired) electrons. The summed E-state index contributed by atoms with van der Waals surface area (Å²) in [5, 5.41) is 0. The summed E-state index contributed by atoms with van der Waals surface area (Å²) in [6, 6.07) is 0. The van der Waals surface area contributed by atoms with Crippen LogP contribution in [-0.4, -0.2) is 12.1 Å². The van der Waals surface area contributed by atoms with Gasteiger partial charge < -0.3 is 4.74 Å². The molecule has 0 aliphatic rings. The minimum Gasteiger partial charge on any atom is -0.495 e. The zero-order valence-electron chi connectivity index (χ0n) is 7.04. The lowest BCUT2D eigenvalue weighted by atomic mass is 10.1. The summed E-state index contributed by atoms with van der Waals surface area (Å²) in [6.07, 6.45) is 5.45. The Labute approximate surface area is 80.4 Å². The number of pyridine rings is 1. The Hall–Kier alpha value is -0.830. The zero-order chi connectivity index (χ0) is 8.97. The maximum Gasteiger partial charge on any atom is 0.140 e. The van der Waals surface area contributed by atoms with Gasteiger partial charge in [0.2, 0.25) is 0 Å². The maximum atomic E-state index is 5.12. The average molecular weight is 228 g/mol. The highest BCUT2D eigenvalue weighted by Crippen LogP contribution is 2.20. The van der Waals surface area contributed by atoms with Crippen molar-refractivity contribution in [3.63, 3.8) is 0 Å². The lowest BCUT2D eigenvalue weighted by molar-refractivity contribution is 0.409. The summed E-state index contributed by atoms with van der Waals surface area (Å²) in [5.41, 5.74) is 2.16. The van der Waals surface area contributed by atoms with Gasteiger partial charge in [0.05, 0.1) is 13.3 Å². The second-order valence-corrected chi connectivity index (χ2v) is 2.88. The minimum atomic E-state index is 0.818. The molecule has 0 aliphatic carbocycles. The smallest absolute Gasteiger partial charge is 0.140 e. The summed E-state index contributed by atoms with van der Waals surface area (Å²) < 4.78 is 5.12. The van der Waals surface area contributed by atoms with E-state index >= 15 is 0 Å². The Morgan fingerprint density at radius 3 is 2.83 bits per heavy atom. The van der Waals surface area contributed by atoms with Crippen molar-refractivity contribution in [3.8, 4) is 5.75 Å². The monoisotopic (exact) mass is 227 g/mol. The molecule has 64 valence electrons. The first kappa shape index (κ1) is 9.26. The summed E-state index contributed by atoms with van der Waals surface area (Å²) in [6.45, 7) is 2.00. The third kappa shape index (κ3) is 1.85. The van der Waals surface area contributed by atoms with Crippen LogP contribution in [0.4, 0.5) is 0 Å². The predicted molar refractivity (Wildman–Crippen MR) is 53.5 cm³/mol. The van der Waals surface area contributed by atoms with Gasteiger partial charge in [-0.2, -0.15) is 0 Å². The van der Waals surface area contributed by atoms with Crippen molar-refractivity contribution in [2.24, 2.45) is 0 Å². The van der Waals surface area contributed by atoms with Crippen LogP contribution < -0.4 is 4.74 Å². The molecule has 0 N–H and O–H groups in total. The molecule has 2 nitrogen and oxygen atoms in total. The molecule has 0 spiro atoms. The number of rotatable bonds is 2. The van der Waals surface area contributed by atoms with Gasteiger partial charge in [-0.3, -0.25) is 4.98 Å². The van der Waals surface area contributed by atoms with Gasteiger partial charge in [0.25, 0.3) is 0 Å². The van der Waals surface area contributed by atoms with Crippen LogP contribution >= 0.6 is 15.9 Å². The molecule has 12 heavy (non-hydrogen) atoms. The van der Waals surface area contributed by atoms with Crippen molar-refractivity contribution in [1.29, 1.82) is 0 Å². The van der Waals surface area contributed by atoms with E-state index in [1.165, 1.54) is 0 Å². The first-order valence-corrected chi connectivity index (χ1v) is 4.46. The third-order valence-corrected chi connectivity index (χ3v) is 1.93. The number of methoxy groups -OCH3 is 1. The SMILES string of the molecule is COc1cncc(/C=C/Br)c1C. The molecular weight excluding hydrogens is 218 g/mol. The van der Waals surface area contributed by atoms with Crippen molar-refractivity contribution in [3.05, 3.63) is 28.5 Å². The molecule has 3 heteroatoms. The van der Waals surface area contributed by atoms with E-state index in [1.807, 2.05) is 13.0 Å². The van der Waals surface area contributed by atoms with Crippen LogP contribution in [0.2, 0.25) is 0 Å². The standard InChI is InChI=1S/C9H10BrNO/c1-7-8(3-4-10)5-11-6-9(7)12-2/h3-6H,1-2H3/b4-3+. The molecular formula is C9H10BrNO. The van der Waals surface area contributed by atoms with Crippen LogP contribution in [0.25, 0.3) is 6.08 Å². The third-order valence-electron chi connectivity index (χ3n) is 1.67. The number of ether oxygens (including phenoxy) is 1. The van der Waals surface area contributed by atoms with Gasteiger partial charge in [-0.05, 0) is 23.5 Å².